The average molecular weight is 283 g/mol. The first kappa shape index (κ1) is 12.8. The van der Waals surface area contributed by atoms with E-state index in [9.17, 15) is 9.59 Å². The number of hydrogen-bond acceptors (Lipinski definition) is 3. The molecular formula is C17H17NO3. The molecule has 0 aromatic heterocycles. The number of para-hydroxylation sites is 1. The van der Waals surface area contributed by atoms with Crippen molar-refractivity contribution in [3.05, 3.63) is 42.5 Å². The van der Waals surface area contributed by atoms with Gasteiger partial charge in [-0.05, 0) is 29.9 Å². The van der Waals surface area contributed by atoms with E-state index in [1.165, 1.54) is 4.90 Å². The van der Waals surface area contributed by atoms with Crippen LogP contribution in [0.15, 0.2) is 42.5 Å². The number of imide groups is 1. The molecular weight excluding hydrogens is 266 g/mol. The van der Waals surface area contributed by atoms with Crippen molar-refractivity contribution in [1.29, 1.82) is 0 Å². The normalized spacial score (nSPS) is 36.6. The summed E-state index contributed by atoms with van der Waals surface area (Å²) < 4.78 is 5.28. The molecule has 4 nitrogen and oxygen atoms in total. The van der Waals surface area contributed by atoms with Gasteiger partial charge in [0.2, 0.25) is 11.8 Å². The van der Waals surface area contributed by atoms with Crippen LogP contribution < -0.4 is 4.90 Å². The number of carbonyl (C=O) groups excluding carboxylic acids is 2. The summed E-state index contributed by atoms with van der Waals surface area (Å²) in [6, 6.07) is 9.22. The molecule has 4 heteroatoms. The van der Waals surface area contributed by atoms with Crippen LogP contribution in [0, 0.1) is 29.6 Å². The van der Waals surface area contributed by atoms with Crippen LogP contribution in [0.5, 0.6) is 0 Å². The van der Waals surface area contributed by atoms with Crippen LogP contribution in [0.2, 0.25) is 0 Å². The molecule has 2 fully saturated rings. The summed E-state index contributed by atoms with van der Waals surface area (Å²) in [4.78, 5) is 26.9. The van der Waals surface area contributed by atoms with Gasteiger partial charge in [-0.1, -0.05) is 30.4 Å². The first-order valence-corrected chi connectivity index (χ1v) is 7.34. The maximum absolute atomic E-state index is 12.8. The summed E-state index contributed by atoms with van der Waals surface area (Å²) >= 11 is 0. The van der Waals surface area contributed by atoms with Gasteiger partial charge in [-0.3, -0.25) is 14.5 Å². The summed E-state index contributed by atoms with van der Waals surface area (Å²) in [6.07, 6.45) is 4.21. The van der Waals surface area contributed by atoms with Crippen molar-refractivity contribution in [3.8, 4) is 0 Å². The van der Waals surface area contributed by atoms with Crippen molar-refractivity contribution in [3.63, 3.8) is 0 Å². The summed E-state index contributed by atoms with van der Waals surface area (Å²) in [5.74, 6) is 0.0649. The van der Waals surface area contributed by atoms with E-state index < -0.39 is 0 Å². The Morgan fingerprint density at radius 1 is 1.00 bits per heavy atom. The minimum Gasteiger partial charge on any atom is -0.384 e. The second-order valence-electron chi connectivity index (χ2n) is 6.06. The molecule has 2 amide bonds. The maximum atomic E-state index is 12.8. The number of rotatable bonds is 3. The van der Waals surface area contributed by atoms with Crippen molar-refractivity contribution < 1.29 is 14.3 Å². The van der Waals surface area contributed by atoms with E-state index >= 15 is 0 Å². The zero-order chi connectivity index (χ0) is 14.6. The standard InChI is InChI=1S/C17H17NO3/c1-21-9-13-11-7-8-12(13)15-14(11)16(19)18(17(15)20)10-5-3-2-4-6-10/h2-8,11-15H,9H2,1H3/t11-,12+,13?,14-,15+. The molecule has 1 aromatic rings. The fourth-order valence-corrected chi connectivity index (χ4v) is 4.34. The van der Waals surface area contributed by atoms with Crippen LogP contribution >= 0.6 is 0 Å². The van der Waals surface area contributed by atoms with Crippen LogP contribution in [0.3, 0.4) is 0 Å². The highest BCUT2D eigenvalue weighted by molar-refractivity contribution is 6.22. The molecule has 4 rings (SSSR count). The predicted molar refractivity (Wildman–Crippen MR) is 77.4 cm³/mol. The highest BCUT2D eigenvalue weighted by Gasteiger charge is 2.63. The van der Waals surface area contributed by atoms with Crippen molar-refractivity contribution in [2.45, 2.75) is 0 Å². The second kappa shape index (κ2) is 4.53. The van der Waals surface area contributed by atoms with Gasteiger partial charge in [-0.2, -0.15) is 0 Å². The largest absolute Gasteiger partial charge is 0.384 e. The van der Waals surface area contributed by atoms with Gasteiger partial charge in [-0.15, -0.1) is 0 Å². The Balaban J connectivity index is 1.70. The van der Waals surface area contributed by atoms with Crippen LogP contribution in [0.1, 0.15) is 0 Å². The molecule has 1 saturated carbocycles. The third-order valence-electron chi connectivity index (χ3n) is 5.15. The lowest BCUT2D eigenvalue weighted by molar-refractivity contribution is -0.123. The number of hydrogen-bond donors (Lipinski definition) is 0. The molecule has 0 N–H and O–H groups in total. The molecule has 1 unspecified atom stereocenters. The predicted octanol–water partition coefficient (Wildman–Crippen LogP) is 1.87. The molecule has 3 aliphatic rings. The summed E-state index contributed by atoms with van der Waals surface area (Å²) in [7, 11) is 1.67. The number of amides is 2. The van der Waals surface area contributed by atoms with E-state index in [4.69, 9.17) is 4.74 Å². The van der Waals surface area contributed by atoms with Crippen molar-refractivity contribution >= 4 is 17.5 Å². The molecule has 2 aliphatic carbocycles. The zero-order valence-corrected chi connectivity index (χ0v) is 11.8. The molecule has 5 atom stereocenters. The minimum absolute atomic E-state index is 0.0471. The van der Waals surface area contributed by atoms with E-state index in [0.29, 0.717) is 12.3 Å². The lowest BCUT2D eigenvalue weighted by Crippen LogP contribution is -2.34. The number of carbonyl (C=O) groups is 2. The Morgan fingerprint density at radius 3 is 2.10 bits per heavy atom. The van der Waals surface area contributed by atoms with Gasteiger partial charge in [0, 0.05) is 7.11 Å². The summed E-state index contributed by atoms with van der Waals surface area (Å²) in [6.45, 7) is 0.612. The van der Waals surface area contributed by atoms with Crippen molar-refractivity contribution in [2.75, 3.05) is 18.6 Å². The third kappa shape index (κ3) is 1.59. The Morgan fingerprint density at radius 2 is 1.57 bits per heavy atom. The Labute approximate surface area is 123 Å². The van der Waals surface area contributed by atoms with Crippen LogP contribution in [0.4, 0.5) is 5.69 Å². The first-order valence-electron chi connectivity index (χ1n) is 7.34. The Kier molecular flexibility index (Phi) is 2.76. The molecule has 1 saturated heterocycles. The highest BCUT2D eigenvalue weighted by Crippen LogP contribution is 2.56. The Bertz CT molecular complexity index is 592. The topological polar surface area (TPSA) is 46.6 Å². The average Bonchev–Trinajstić information content (AvgIpc) is 3.11. The molecule has 0 spiro atoms. The zero-order valence-electron chi connectivity index (χ0n) is 11.8. The first-order chi connectivity index (χ1) is 10.2. The SMILES string of the molecule is COCC1[C@H]2C=C[C@@H]1[C@@H]1C(=O)N(c3ccccc3)C(=O)[C@@H]12. The second-order valence-corrected chi connectivity index (χ2v) is 6.06. The number of allylic oxidation sites excluding steroid dienone is 2. The van der Waals surface area contributed by atoms with Gasteiger partial charge in [-0.25, -0.2) is 0 Å². The van der Waals surface area contributed by atoms with Gasteiger partial charge in [0.15, 0.2) is 0 Å². The van der Waals surface area contributed by atoms with Gasteiger partial charge in [0.05, 0.1) is 24.1 Å². The fourth-order valence-electron chi connectivity index (χ4n) is 4.34. The maximum Gasteiger partial charge on any atom is 0.238 e. The highest BCUT2D eigenvalue weighted by atomic mass is 16.5. The number of anilines is 1. The summed E-state index contributed by atoms with van der Waals surface area (Å²) in [5.41, 5.74) is 0.685. The van der Waals surface area contributed by atoms with Crippen LogP contribution in [0.25, 0.3) is 0 Å². The van der Waals surface area contributed by atoms with Gasteiger partial charge in [0.1, 0.15) is 0 Å². The number of ether oxygens (including phenoxy) is 1. The lowest BCUT2D eigenvalue weighted by atomic mass is 9.85. The number of benzene rings is 1. The van der Waals surface area contributed by atoms with Crippen LogP contribution in [-0.4, -0.2) is 25.5 Å². The van der Waals surface area contributed by atoms with E-state index in [-0.39, 0.29) is 41.4 Å². The molecule has 2 bridgehead atoms. The Hall–Kier alpha value is -1.94. The molecule has 21 heavy (non-hydrogen) atoms. The lowest BCUT2D eigenvalue weighted by Gasteiger charge is -2.21. The smallest absolute Gasteiger partial charge is 0.238 e. The molecule has 108 valence electrons. The van der Waals surface area contributed by atoms with E-state index in [1.54, 1.807) is 7.11 Å². The van der Waals surface area contributed by atoms with Crippen molar-refractivity contribution in [1.82, 2.24) is 0 Å². The van der Waals surface area contributed by atoms with Crippen molar-refractivity contribution in [2.24, 2.45) is 29.6 Å². The molecule has 1 aromatic carbocycles. The van der Waals surface area contributed by atoms with Crippen LogP contribution in [-0.2, 0) is 14.3 Å². The fraction of sp³-hybridized carbons (Fsp3) is 0.412. The molecule has 1 aliphatic heterocycles. The van der Waals surface area contributed by atoms with E-state index in [2.05, 4.69) is 12.2 Å². The molecule has 1 heterocycles. The number of nitrogens with zero attached hydrogens (tertiary/aromatic N) is 1. The number of methoxy groups -OCH3 is 1. The van der Waals surface area contributed by atoms with Gasteiger partial charge in [0.25, 0.3) is 0 Å². The third-order valence-corrected chi connectivity index (χ3v) is 5.15. The van der Waals surface area contributed by atoms with E-state index in [1.807, 2.05) is 30.3 Å². The number of fused-ring (bicyclic) bond motifs is 5. The van der Waals surface area contributed by atoms with Gasteiger partial charge < -0.3 is 4.74 Å². The van der Waals surface area contributed by atoms with E-state index in [0.717, 1.165) is 0 Å². The molecule has 0 radical (unpaired) electrons. The quantitative estimate of drug-likeness (QED) is 0.628. The monoisotopic (exact) mass is 283 g/mol. The summed E-state index contributed by atoms with van der Waals surface area (Å²) in [5, 5.41) is 0. The van der Waals surface area contributed by atoms with Gasteiger partial charge >= 0.3 is 0 Å². The minimum atomic E-state index is -0.201.